The summed E-state index contributed by atoms with van der Waals surface area (Å²) in [5.74, 6) is 0.136. The van der Waals surface area contributed by atoms with Gasteiger partial charge in [0.2, 0.25) is 0 Å². The van der Waals surface area contributed by atoms with E-state index in [4.69, 9.17) is 4.74 Å². The van der Waals surface area contributed by atoms with Gasteiger partial charge < -0.3 is 15.0 Å². The summed E-state index contributed by atoms with van der Waals surface area (Å²) < 4.78 is 5.26. The largest absolute Gasteiger partial charge is 0.460 e. The summed E-state index contributed by atoms with van der Waals surface area (Å²) in [5.41, 5.74) is -0.411. The van der Waals surface area contributed by atoms with E-state index in [2.05, 4.69) is 10.2 Å². The van der Waals surface area contributed by atoms with Crippen molar-refractivity contribution in [3.8, 4) is 0 Å². The molecule has 0 amide bonds. The van der Waals surface area contributed by atoms with Gasteiger partial charge in [-0.1, -0.05) is 0 Å². The maximum Gasteiger partial charge on any atom is 0.306 e. The first kappa shape index (κ1) is 16.1. The van der Waals surface area contributed by atoms with Crippen molar-refractivity contribution in [2.45, 2.75) is 51.7 Å². The van der Waals surface area contributed by atoms with Crippen molar-refractivity contribution in [3.63, 3.8) is 0 Å². The average Bonchev–Trinajstić information content (AvgIpc) is 2.29. The number of nitrogens with one attached hydrogen (secondary N) is 1. The maximum atomic E-state index is 11.6. The molecule has 0 saturated carbocycles. The lowest BCUT2D eigenvalue weighted by Gasteiger charge is -2.31. The number of rotatable bonds is 5. The van der Waals surface area contributed by atoms with Gasteiger partial charge in [0, 0.05) is 25.9 Å². The lowest BCUT2D eigenvalue weighted by atomic mass is 10.0. The zero-order chi connectivity index (χ0) is 14.5. The van der Waals surface area contributed by atoms with E-state index in [1.807, 2.05) is 27.8 Å². The van der Waals surface area contributed by atoms with Crippen molar-refractivity contribution in [2.75, 3.05) is 26.7 Å². The standard InChI is InChI=1S/C14H26N2O3/c1-14(2,3)19-13(18)6-5-8-16-9-7-12(17)11(10-16)15-4/h11,15H,5-10H2,1-4H3. The molecule has 1 N–H and O–H groups in total. The fourth-order valence-electron chi connectivity index (χ4n) is 2.19. The number of carbonyl (C=O) groups excluding carboxylic acids is 2. The van der Waals surface area contributed by atoms with E-state index < -0.39 is 5.60 Å². The molecular weight excluding hydrogens is 244 g/mol. The van der Waals surface area contributed by atoms with Crippen LogP contribution < -0.4 is 5.32 Å². The van der Waals surface area contributed by atoms with Crippen LogP contribution in [0.3, 0.4) is 0 Å². The Kier molecular flexibility index (Phi) is 5.94. The van der Waals surface area contributed by atoms with Crippen LogP contribution >= 0.6 is 0 Å². The average molecular weight is 270 g/mol. The number of hydrogen-bond acceptors (Lipinski definition) is 5. The van der Waals surface area contributed by atoms with Crippen molar-refractivity contribution in [1.29, 1.82) is 0 Å². The number of hydrogen-bond donors (Lipinski definition) is 1. The van der Waals surface area contributed by atoms with Gasteiger partial charge in [-0.25, -0.2) is 0 Å². The predicted octanol–water partition coefficient (Wildman–Crippen LogP) is 0.971. The normalized spacial score (nSPS) is 21.5. The van der Waals surface area contributed by atoms with E-state index in [1.165, 1.54) is 0 Å². The maximum absolute atomic E-state index is 11.6. The summed E-state index contributed by atoms with van der Waals surface area (Å²) in [6.07, 6.45) is 1.81. The molecule has 110 valence electrons. The van der Waals surface area contributed by atoms with E-state index in [0.29, 0.717) is 12.8 Å². The number of nitrogens with zero attached hydrogens (tertiary/aromatic N) is 1. The number of carbonyl (C=O) groups is 2. The highest BCUT2D eigenvalue weighted by Crippen LogP contribution is 2.11. The molecule has 1 aliphatic rings. The molecule has 19 heavy (non-hydrogen) atoms. The molecule has 0 aromatic heterocycles. The van der Waals surface area contributed by atoms with Gasteiger partial charge in [0.05, 0.1) is 6.04 Å². The van der Waals surface area contributed by atoms with Crippen molar-refractivity contribution >= 4 is 11.8 Å². The highest BCUT2D eigenvalue weighted by atomic mass is 16.6. The summed E-state index contributed by atoms with van der Waals surface area (Å²) in [5, 5.41) is 3.03. The Morgan fingerprint density at radius 2 is 2.16 bits per heavy atom. The second-order valence-corrected chi connectivity index (χ2v) is 6.05. The van der Waals surface area contributed by atoms with Crippen molar-refractivity contribution < 1.29 is 14.3 Å². The third-order valence-electron chi connectivity index (χ3n) is 3.13. The molecule has 0 aromatic rings. The van der Waals surface area contributed by atoms with Gasteiger partial charge in [-0.3, -0.25) is 9.59 Å². The number of Topliss-reactive ketones (excluding diaryl/α,β-unsaturated/α-hetero) is 1. The Morgan fingerprint density at radius 3 is 2.74 bits per heavy atom. The minimum absolute atomic E-state index is 0.0599. The fraction of sp³-hybridized carbons (Fsp3) is 0.857. The molecule has 0 spiro atoms. The van der Waals surface area contributed by atoms with Crippen molar-refractivity contribution in [2.24, 2.45) is 0 Å². The molecule has 5 nitrogen and oxygen atoms in total. The smallest absolute Gasteiger partial charge is 0.306 e. The van der Waals surface area contributed by atoms with Gasteiger partial charge in [0.15, 0.2) is 5.78 Å². The van der Waals surface area contributed by atoms with Crippen LogP contribution in [0.25, 0.3) is 0 Å². The van der Waals surface area contributed by atoms with Gasteiger partial charge in [-0.05, 0) is 40.8 Å². The van der Waals surface area contributed by atoms with Crippen LogP contribution in [0, 0.1) is 0 Å². The molecule has 1 atom stereocenters. The number of esters is 1. The van der Waals surface area contributed by atoms with E-state index >= 15 is 0 Å². The van der Waals surface area contributed by atoms with Gasteiger partial charge in [-0.15, -0.1) is 0 Å². The number of ether oxygens (including phenoxy) is 1. The van der Waals surface area contributed by atoms with Crippen LogP contribution in [-0.4, -0.2) is 55.0 Å². The Bertz CT molecular complexity index is 323. The van der Waals surface area contributed by atoms with E-state index in [0.717, 1.165) is 26.1 Å². The Hall–Kier alpha value is -0.940. The van der Waals surface area contributed by atoms with Crippen LogP contribution in [0.15, 0.2) is 0 Å². The SMILES string of the molecule is CNC1CN(CCCC(=O)OC(C)(C)C)CCC1=O. The molecule has 0 aliphatic carbocycles. The lowest BCUT2D eigenvalue weighted by molar-refractivity contribution is -0.155. The lowest BCUT2D eigenvalue weighted by Crippen LogP contribution is -2.50. The van der Waals surface area contributed by atoms with Crippen LogP contribution in [0.5, 0.6) is 0 Å². The van der Waals surface area contributed by atoms with E-state index in [1.54, 1.807) is 0 Å². The summed E-state index contributed by atoms with van der Waals surface area (Å²) in [7, 11) is 1.81. The van der Waals surface area contributed by atoms with Crippen LogP contribution in [0.1, 0.15) is 40.0 Å². The fourth-order valence-corrected chi connectivity index (χ4v) is 2.19. The highest BCUT2D eigenvalue weighted by Gasteiger charge is 2.25. The molecule has 1 saturated heterocycles. The third kappa shape index (κ3) is 6.16. The second-order valence-electron chi connectivity index (χ2n) is 6.05. The predicted molar refractivity (Wildman–Crippen MR) is 74.0 cm³/mol. The molecule has 1 heterocycles. The monoisotopic (exact) mass is 270 g/mol. The van der Waals surface area contributed by atoms with Gasteiger partial charge in [0.1, 0.15) is 5.60 Å². The Morgan fingerprint density at radius 1 is 1.47 bits per heavy atom. The molecule has 0 bridgehead atoms. The molecule has 5 heteroatoms. The van der Waals surface area contributed by atoms with Crippen molar-refractivity contribution in [3.05, 3.63) is 0 Å². The Labute approximate surface area is 115 Å². The first-order chi connectivity index (χ1) is 8.81. The first-order valence-corrected chi connectivity index (χ1v) is 6.96. The zero-order valence-corrected chi connectivity index (χ0v) is 12.5. The first-order valence-electron chi connectivity index (χ1n) is 6.96. The number of ketones is 1. The molecule has 0 aromatic carbocycles. The topological polar surface area (TPSA) is 58.6 Å². The number of likely N-dealkylation sites (tertiary alicyclic amines) is 1. The van der Waals surface area contributed by atoms with E-state index in [-0.39, 0.29) is 17.8 Å². The summed E-state index contributed by atoms with van der Waals surface area (Å²) in [4.78, 5) is 25.3. The third-order valence-corrected chi connectivity index (χ3v) is 3.13. The van der Waals surface area contributed by atoms with Gasteiger partial charge in [-0.2, -0.15) is 0 Å². The molecule has 1 aliphatic heterocycles. The quantitative estimate of drug-likeness (QED) is 0.754. The number of likely N-dealkylation sites (N-methyl/N-ethyl adjacent to an activating group) is 1. The zero-order valence-electron chi connectivity index (χ0n) is 12.5. The van der Waals surface area contributed by atoms with Crippen molar-refractivity contribution in [1.82, 2.24) is 10.2 Å². The minimum atomic E-state index is -0.411. The second kappa shape index (κ2) is 7.01. The Balaban J connectivity index is 2.23. The van der Waals surface area contributed by atoms with Gasteiger partial charge in [0.25, 0.3) is 0 Å². The summed E-state index contributed by atoms with van der Waals surface area (Å²) in [6, 6.07) is -0.0599. The number of piperidine rings is 1. The summed E-state index contributed by atoms with van der Waals surface area (Å²) in [6.45, 7) is 8.00. The van der Waals surface area contributed by atoms with Crippen LogP contribution in [0.4, 0.5) is 0 Å². The molecule has 0 radical (unpaired) electrons. The highest BCUT2D eigenvalue weighted by molar-refractivity contribution is 5.85. The molecule has 1 rings (SSSR count). The molecule has 1 fully saturated rings. The summed E-state index contributed by atoms with van der Waals surface area (Å²) >= 11 is 0. The van der Waals surface area contributed by atoms with E-state index in [9.17, 15) is 9.59 Å². The molecular formula is C14H26N2O3. The van der Waals surface area contributed by atoms with Crippen LogP contribution in [0.2, 0.25) is 0 Å². The molecule has 1 unspecified atom stereocenters. The van der Waals surface area contributed by atoms with Crippen LogP contribution in [-0.2, 0) is 14.3 Å². The minimum Gasteiger partial charge on any atom is -0.460 e. The van der Waals surface area contributed by atoms with Gasteiger partial charge >= 0.3 is 5.97 Å².